The van der Waals surface area contributed by atoms with Crippen molar-refractivity contribution >= 4 is 21.9 Å². The van der Waals surface area contributed by atoms with Crippen LogP contribution in [0.25, 0.3) is 0 Å². The summed E-state index contributed by atoms with van der Waals surface area (Å²) < 4.78 is 4.99. The molecule has 0 saturated heterocycles. The van der Waals surface area contributed by atoms with Gasteiger partial charge in [-0.1, -0.05) is 15.9 Å². The van der Waals surface area contributed by atoms with E-state index >= 15 is 0 Å². The number of aliphatic hydroxyl groups is 1. The molecule has 1 atom stereocenters. The van der Waals surface area contributed by atoms with Crippen LogP contribution in [0.1, 0.15) is 33.6 Å². The molecule has 0 fully saturated rings. The Hall–Kier alpha value is -0.0900. The van der Waals surface area contributed by atoms with Crippen LogP contribution in [-0.4, -0.2) is 28.1 Å². The molecule has 13 heavy (non-hydrogen) atoms. The molecule has 0 aromatic rings. The van der Waals surface area contributed by atoms with E-state index in [1.165, 1.54) is 0 Å². The highest BCUT2D eigenvalue weighted by Crippen LogP contribution is 2.10. The highest BCUT2D eigenvalue weighted by atomic mass is 79.9. The van der Waals surface area contributed by atoms with Crippen LogP contribution in [0.3, 0.4) is 0 Å². The third kappa shape index (κ3) is 7.02. The van der Waals surface area contributed by atoms with E-state index in [0.29, 0.717) is 6.42 Å². The summed E-state index contributed by atoms with van der Waals surface area (Å²) in [6, 6.07) is 0. The molecule has 0 saturated carbocycles. The Morgan fingerprint density at radius 1 is 1.54 bits per heavy atom. The molecule has 0 bridgehead atoms. The van der Waals surface area contributed by atoms with Crippen molar-refractivity contribution in [3.63, 3.8) is 0 Å². The molecule has 0 spiro atoms. The Morgan fingerprint density at radius 2 is 2.08 bits per heavy atom. The summed E-state index contributed by atoms with van der Waals surface area (Å²) >= 11 is 3.23. The summed E-state index contributed by atoms with van der Waals surface area (Å²) in [4.78, 5) is 11.2. The minimum atomic E-state index is -0.989. The van der Waals surface area contributed by atoms with Crippen LogP contribution in [0.4, 0.5) is 0 Å². The maximum atomic E-state index is 11.2. The van der Waals surface area contributed by atoms with E-state index in [2.05, 4.69) is 15.9 Å². The number of ether oxygens (including phenoxy) is 1. The minimum absolute atomic E-state index is 0.445. The van der Waals surface area contributed by atoms with Crippen molar-refractivity contribution < 1.29 is 14.6 Å². The fourth-order valence-corrected chi connectivity index (χ4v) is 1.08. The molecule has 3 nitrogen and oxygen atoms in total. The van der Waals surface area contributed by atoms with Crippen LogP contribution >= 0.6 is 15.9 Å². The van der Waals surface area contributed by atoms with Gasteiger partial charge in [0.05, 0.1) is 0 Å². The van der Waals surface area contributed by atoms with Gasteiger partial charge in [-0.05, 0) is 33.6 Å². The number of hydrogen-bond donors (Lipinski definition) is 1. The molecule has 1 N–H and O–H groups in total. The zero-order valence-corrected chi connectivity index (χ0v) is 9.93. The summed E-state index contributed by atoms with van der Waals surface area (Å²) in [6.45, 7) is 5.34. The van der Waals surface area contributed by atoms with Gasteiger partial charge in [0.25, 0.3) is 0 Å². The van der Waals surface area contributed by atoms with E-state index in [1.54, 1.807) is 20.8 Å². The van der Waals surface area contributed by atoms with Gasteiger partial charge in [-0.2, -0.15) is 0 Å². The quantitative estimate of drug-likeness (QED) is 0.614. The number of halogens is 1. The molecule has 0 heterocycles. The summed E-state index contributed by atoms with van der Waals surface area (Å²) in [6.07, 6.45) is 0.220. The monoisotopic (exact) mass is 252 g/mol. The molecular weight excluding hydrogens is 236 g/mol. The minimum Gasteiger partial charge on any atom is -0.458 e. The number of carbonyl (C=O) groups excluding carboxylic acids is 1. The first kappa shape index (κ1) is 12.9. The third-order valence-corrected chi connectivity index (χ3v) is 1.85. The van der Waals surface area contributed by atoms with Gasteiger partial charge in [0.1, 0.15) is 5.60 Å². The number of aliphatic hydroxyl groups excluding tert-OH is 1. The van der Waals surface area contributed by atoms with Gasteiger partial charge in [-0.3, -0.25) is 0 Å². The first-order chi connectivity index (χ1) is 5.87. The van der Waals surface area contributed by atoms with Crippen LogP contribution in [0.5, 0.6) is 0 Å². The number of alkyl halides is 1. The van der Waals surface area contributed by atoms with Crippen LogP contribution in [0, 0.1) is 0 Å². The standard InChI is InChI=1S/C9H17BrO3/c1-9(2,3)13-8(12)7(11)5-4-6-10/h7,11H,4-6H2,1-3H3. The van der Waals surface area contributed by atoms with Crippen molar-refractivity contribution in [1.29, 1.82) is 0 Å². The van der Waals surface area contributed by atoms with Gasteiger partial charge in [0.2, 0.25) is 0 Å². The lowest BCUT2D eigenvalue weighted by Gasteiger charge is -2.21. The molecule has 78 valence electrons. The van der Waals surface area contributed by atoms with E-state index in [9.17, 15) is 9.90 Å². The molecule has 0 aromatic heterocycles. The number of hydrogen-bond acceptors (Lipinski definition) is 3. The largest absolute Gasteiger partial charge is 0.458 e. The summed E-state index contributed by atoms with van der Waals surface area (Å²) in [7, 11) is 0. The average molecular weight is 253 g/mol. The average Bonchev–Trinajstić information content (AvgIpc) is 1.96. The first-order valence-electron chi connectivity index (χ1n) is 4.33. The van der Waals surface area contributed by atoms with Crippen LogP contribution in [0.2, 0.25) is 0 Å². The Labute approximate surface area is 87.6 Å². The maximum absolute atomic E-state index is 11.2. The molecule has 0 aliphatic heterocycles. The zero-order valence-electron chi connectivity index (χ0n) is 8.34. The Bertz CT molecular complexity index is 163. The Kier molecular flexibility index (Phi) is 5.56. The second-order valence-corrected chi connectivity index (χ2v) is 4.67. The first-order valence-corrected chi connectivity index (χ1v) is 5.46. The van der Waals surface area contributed by atoms with Gasteiger partial charge >= 0.3 is 5.97 Å². The lowest BCUT2D eigenvalue weighted by Crippen LogP contribution is -2.31. The molecule has 0 aliphatic carbocycles. The van der Waals surface area contributed by atoms with E-state index in [4.69, 9.17) is 4.74 Å². The topological polar surface area (TPSA) is 46.5 Å². The number of carbonyl (C=O) groups is 1. The molecule has 0 aromatic carbocycles. The summed E-state index contributed by atoms with van der Waals surface area (Å²) in [5, 5.41) is 10.1. The van der Waals surface area contributed by atoms with Crippen molar-refractivity contribution in [2.24, 2.45) is 0 Å². The fourth-order valence-electron chi connectivity index (χ4n) is 0.758. The Morgan fingerprint density at radius 3 is 2.46 bits per heavy atom. The molecule has 0 rings (SSSR count). The van der Waals surface area contributed by atoms with Gasteiger partial charge in [-0.15, -0.1) is 0 Å². The predicted molar refractivity (Wildman–Crippen MR) is 54.9 cm³/mol. The highest BCUT2D eigenvalue weighted by Gasteiger charge is 2.22. The molecule has 0 aliphatic rings. The van der Waals surface area contributed by atoms with E-state index < -0.39 is 17.7 Å². The smallest absolute Gasteiger partial charge is 0.335 e. The maximum Gasteiger partial charge on any atom is 0.335 e. The normalized spacial score (nSPS) is 13.9. The van der Waals surface area contributed by atoms with Crippen LogP contribution < -0.4 is 0 Å². The molecule has 4 heteroatoms. The van der Waals surface area contributed by atoms with E-state index in [1.807, 2.05) is 0 Å². The van der Waals surface area contributed by atoms with Crippen LogP contribution in [-0.2, 0) is 9.53 Å². The van der Waals surface area contributed by atoms with Crippen molar-refractivity contribution in [3.8, 4) is 0 Å². The molecule has 0 radical (unpaired) electrons. The van der Waals surface area contributed by atoms with Gasteiger partial charge < -0.3 is 9.84 Å². The summed E-state index contributed by atoms with van der Waals surface area (Å²) in [5.41, 5.74) is -0.521. The third-order valence-electron chi connectivity index (χ3n) is 1.29. The predicted octanol–water partition coefficient (Wildman–Crippen LogP) is 1.86. The second kappa shape index (κ2) is 5.60. The number of esters is 1. The Balaban J connectivity index is 3.83. The van der Waals surface area contributed by atoms with E-state index in [-0.39, 0.29) is 0 Å². The van der Waals surface area contributed by atoms with Crippen molar-refractivity contribution in [2.75, 3.05) is 5.33 Å². The van der Waals surface area contributed by atoms with Crippen molar-refractivity contribution in [3.05, 3.63) is 0 Å². The lowest BCUT2D eigenvalue weighted by molar-refractivity contribution is -0.165. The fraction of sp³-hybridized carbons (Fsp3) is 0.889. The van der Waals surface area contributed by atoms with Crippen LogP contribution in [0.15, 0.2) is 0 Å². The van der Waals surface area contributed by atoms with E-state index in [0.717, 1.165) is 11.8 Å². The van der Waals surface area contributed by atoms with Gasteiger partial charge in [0.15, 0.2) is 6.10 Å². The van der Waals surface area contributed by atoms with Crippen molar-refractivity contribution in [2.45, 2.75) is 45.3 Å². The highest BCUT2D eigenvalue weighted by molar-refractivity contribution is 9.09. The zero-order chi connectivity index (χ0) is 10.5. The van der Waals surface area contributed by atoms with Gasteiger partial charge in [-0.25, -0.2) is 4.79 Å². The SMILES string of the molecule is CC(C)(C)OC(=O)C(O)CCCBr. The van der Waals surface area contributed by atoms with Gasteiger partial charge in [0, 0.05) is 5.33 Å². The second-order valence-electron chi connectivity index (χ2n) is 3.88. The summed E-state index contributed by atoms with van der Waals surface area (Å²) in [5.74, 6) is -0.534. The number of rotatable bonds is 4. The lowest BCUT2D eigenvalue weighted by atomic mass is 10.1. The van der Waals surface area contributed by atoms with Crippen molar-refractivity contribution in [1.82, 2.24) is 0 Å². The molecule has 0 amide bonds. The molecule has 1 unspecified atom stereocenters. The molecular formula is C9H17BrO3.